The lowest BCUT2D eigenvalue weighted by Gasteiger charge is -2.08. The van der Waals surface area contributed by atoms with E-state index in [0.29, 0.717) is 0 Å². The second-order valence-corrected chi connectivity index (χ2v) is 4.86. The third kappa shape index (κ3) is 1.55. The largest absolute Gasteiger partial charge is 0.352 e. The zero-order chi connectivity index (χ0) is 12.8. The molecule has 0 saturated heterocycles. The van der Waals surface area contributed by atoms with Crippen LogP contribution >= 0.6 is 0 Å². The summed E-state index contributed by atoms with van der Waals surface area (Å²) in [4.78, 5) is 7.94. The number of aryl methyl sites for hydroxylation is 1. The lowest BCUT2D eigenvalue weighted by molar-refractivity contribution is 1.43. The number of rotatable bonds is 0. The van der Waals surface area contributed by atoms with Crippen molar-refractivity contribution < 1.29 is 0 Å². The summed E-state index contributed by atoms with van der Waals surface area (Å²) in [7, 11) is 0. The highest BCUT2D eigenvalue weighted by atomic mass is 15.0. The maximum atomic E-state index is 4.55. The van der Waals surface area contributed by atoms with E-state index in [0.717, 1.165) is 28.3 Å². The quantitative estimate of drug-likeness (QED) is 0.478. The lowest BCUT2D eigenvalue weighted by Crippen LogP contribution is -1.91. The standard InChI is InChI=1S/C16H13N3/c1-10-6-7-13-14(8-10)19-16-11-4-2-3-5-12(11)18-15(16)9-17-13/h2-9,18-19H,1H3. The Hall–Kier alpha value is -2.55. The summed E-state index contributed by atoms with van der Waals surface area (Å²) in [6, 6.07) is 14.5. The minimum absolute atomic E-state index is 0.972. The van der Waals surface area contributed by atoms with Gasteiger partial charge < -0.3 is 10.3 Å². The fourth-order valence-electron chi connectivity index (χ4n) is 2.53. The molecule has 1 aliphatic rings. The van der Waals surface area contributed by atoms with Gasteiger partial charge in [0.05, 0.1) is 29.0 Å². The van der Waals surface area contributed by atoms with Crippen LogP contribution in [0.3, 0.4) is 0 Å². The number of hydrogen-bond donors (Lipinski definition) is 2. The third-order valence-electron chi connectivity index (χ3n) is 3.48. The summed E-state index contributed by atoms with van der Waals surface area (Å²) in [6.07, 6.45) is 1.89. The molecule has 0 aliphatic carbocycles. The van der Waals surface area contributed by atoms with Crippen LogP contribution in [0.4, 0.5) is 17.1 Å². The van der Waals surface area contributed by atoms with Gasteiger partial charge in [-0.3, -0.25) is 4.99 Å². The van der Waals surface area contributed by atoms with E-state index in [9.17, 15) is 0 Å². The second kappa shape index (κ2) is 3.72. The number of aromatic nitrogens is 1. The molecule has 0 bridgehead atoms. The van der Waals surface area contributed by atoms with E-state index < -0.39 is 0 Å². The average molecular weight is 247 g/mol. The molecule has 3 aromatic rings. The Kier molecular flexibility index (Phi) is 2.03. The van der Waals surface area contributed by atoms with E-state index in [2.05, 4.69) is 52.5 Å². The SMILES string of the molecule is Cc1ccc2c(c1)Nc1c([nH]c3ccccc13)C=N2. The van der Waals surface area contributed by atoms with Crippen LogP contribution in [-0.4, -0.2) is 11.2 Å². The van der Waals surface area contributed by atoms with Crippen LogP contribution in [0, 0.1) is 6.92 Å². The van der Waals surface area contributed by atoms with Crippen LogP contribution in [0.1, 0.15) is 11.3 Å². The number of aromatic amines is 1. The van der Waals surface area contributed by atoms with Gasteiger partial charge in [-0.2, -0.15) is 0 Å². The van der Waals surface area contributed by atoms with Gasteiger partial charge in [-0.1, -0.05) is 24.3 Å². The van der Waals surface area contributed by atoms with Crippen molar-refractivity contribution >= 4 is 34.2 Å². The molecule has 0 unspecified atom stereocenters. The maximum Gasteiger partial charge on any atom is 0.0865 e. The highest BCUT2D eigenvalue weighted by Gasteiger charge is 2.14. The minimum Gasteiger partial charge on any atom is -0.352 e. The Morgan fingerprint density at radius 1 is 1.05 bits per heavy atom. The molecule has 1 aromatic heterocycles. The molecule has 2 heterocycles. The molecular formula is C16H13N3. The van der Waals surface area contributed by atoms with Gasteiger partial charge >= 0.3 is 0 Å². The van der Waals surface area contributed by atoms with Gasteiger partial charge in [0, 0.05) is 10.9 Å². The first-order valence-corrected chi connectivity index (χ1v) is 6.34. The fourth-order valence-corrected chi connectivity index (χ4v) is 2.53. The average Bonchev–Trinajstić information content (AvgIpc) is 2.66. The van der Waals surface area contributed by atoms with Gasteiger partial charge in [-0.15, -0.1) is 0 Å². The molecule has 0 spiro atoms. The van der Waals surface area contributed by atoms with Gasteiger partial charge in [0.25, 0.3) is 0 Å². The molecule has 0 saturated carbocycles. The Labute approximate surface area is 111 Å². The zero-order valence-electron chi connectivity index (χ0n) is 10.6. The van der Waals surface area contributed by atoms with Crippen molar-refractivity contribution in [3.8, 4) is 0 Å². The van der Waals surface area contributed by atoms with Gasteiger partial charge in [0.2, 0.25) is 0 Å². The van der Waals surface area contributed by atoms with Gasteiger partial charge in [-0.25, -0.2) is 0 Å². The minimum atomic E-state index is 0.972. The van der Waals surface area contributed by atoms with Crippen molar-refractivity contribution in [1.29, 1.82) is 0 Å². The Bertz CT molecular complexity index is 812. The van der Waals surface area contributed by atoms with Crippen LogP contribution in [0.2, 0.25) is 0 Å². The van der Waals surface area contributed by atoms with E-state index in [1.807, 2.05) is 18.3 Å². The molecule has 92 valence electrons. The molecule has 3 nitrogen and oxygen atoms in total. The molecule has 0 atom stereocenters. The van der Waals surface area contributed by atoms with Crippen LogP contribution in [0.25, 0.3) is 10.9 Å². The maximum absolute atomic E-state index is 4.55. The number of H-pyrrole nitrogens is 1. The first-order valence-electron chi connectivity index (χ1n) is 6.34. The number of nitrogens with one attached hydrogen (secondary N) is 2. The number of aliphatic imine (C=N–C) groups is 1. The number of anilines is 2. The molecule has 2 aromatic carbocycles. The Morgan fingerprint density at radius 3 is 2.89 bits per heavy atom. The molecule has 4 rings (SSSR count). The first-order chi connectivity index (χ1) is 9.31. The van der Waals surface area contributed by atoms with E-state index in [4.69, 9.17) is 0 Å². The molecule has 0 fully saturated rings. The molecule has 2 N–H and O–H groups in total. The number of nitrogens with zero attached hydrogens (tertiary/aromatic N) is 1. The van der Waals surface area contributed by atoms with Crippen molar-refractivity contribution in [2.45, 2.75) is 6.92 Å². The zero-order valence-corrected chi connectivity index (χ0v) is 10.6. The normalized spacial score (nSPS) is 12.7. The summed E-state index contributed by atoms with van der Waals surface area (Å²) in [5.41, 5.74) is 6.50. The number of hydrogen-bond acceptors (Lipinski definition) is 2. The topological polar surface area (TPSA) is 40.2 Å². The third-order valence-corrected chi connectivity index (χ3v) is 3.48. The van der Waals surface area contributed by atoms with Gasteiger partial charge in [0.1, 0.15) is 0 Å². The second-order valence-electron chi connectivity index (χ2n) is 4.86. The summed E-state index contributed by atoms with van der Waals surface area (Å²) in [5, 5.41) is 4.70. The Balaban J connectivity index is 1.98. The summed E-state index contributed by atoms with van der Waals surface area (Å²) in [6.45, 7) is 2.09. The number of fused-ring (bicyclic) bond motifs is 4. The van der Waals surface area contributed by atoms with Crippen LogP contribution < -0.4 is 5.32 Å². The molecular weight excluding hydrogens is 234 g/mol. The van der Waals surface area contributed by atoms with E-state index in [1.165, 1.54) is 10.9 Å². The van der Waals surface area contributed by atoms with E-state index in [-0.39, 0.29) is 0 Å². The van der Waals surface area contributed by atoms with Crippen LogP contribution in [0.5, 0.6) is 0 Å². The molecule has 0 radical (unpaired) electrons. The lowest BCUT2D eigenvalue weighted by atomic mass is 10.2. The van der Waals surface area contributed by atoms with Crippen molar-refractivity contribution in [3.63, 3.8) is 0 Å². The number of para-hydroxylation sites is 1. The smallest absolute Gasteiger partial charge is 0.0865 e. The summed E-state index contributed by atoms with van der Waals surface area (Å²) >= 11 is 0. The summed E-state index contributed by atoms with van der Waals surface area (Å²) in [5.74, 6) is 0. The highest BCUT2D eigenvalue weighted by Crippen LogP contribution is 2.36. The van der Waals surface area contributed by atoms with E-state index >= 15 is 0 Å². The fraction of sp³-hybridized carbons (Fsp3) is 0.0625. The predicted octanol–water partition coefficient (Wildman–Crippen LogP) is 4.28. The van der Waals surface area contributed by atoms with Crippen LogP contribution in [-0.2, 0) is 0 Å². The monoisotopic (exact) mass is 247 g/mol. The first kappa shape index (κ1) is 10.4. The van der Waals surface area contributed by atoms with Gasteiger partial charge in [0.15, 0.2) is 0 Å². The molecule has 0 amide bonds. The molecule has 3 heteroatoms. The molecule has 19 heavy (non-hydrogen) atoms. The highest BCUT2D eigenvalue weighted by molar-refractivity contribution is 6.06. The predicted molar refractivity (Wildman–Crippen MR) is 80.0 cm³/mol. The van der Waals surface area contributed by atoms with Crippen molar-refractivity contribution in [2.75, 3.05) is 5.32 Å². The molecule has 1 aliphatic heterocycles. The summed E-state index contributed by atoms with van der Waals surface area (Å²) < 4.78 is 0. The Morgan fingerprint density at radius 2 is 1.95 bits per heavy atom. The van der Waals surface area contributed by atoms with Crippen molar-refractivity contribution in [1.82, 2.24) is 4.98 Å². The number of benzene rings is 2. The van der Waals surface area contributed by atoms with Crippen molar-refractivity contribution in [2.24, 2.45) is 4.99 Å². The van der Waals surface area contributed by atoms with E-state index in [1.54, 1.807) is 0 Å². The van der Waals surface area contributed by atoms with Crippen molar-refractivity contribution in [3.05, 3.63) is 53.7 Å². The van der Waals surface area contributed by atoms with Gasteiger partial charge in [-0.05, 0) is 30.7 Å². The van der Waals surface area contributed by atoms with Crippen LogP contribution in [0.15, 0.2) is 47.5 Å².